The van der Waals surface area contributed by atoms with Gasteiger partial charge in [-0.05, 0) is 18.9 Å². The molecule has 132 valence electrons. The number of hydrogen-bond acceptors (Lipinski definition) is 4. The van der Waals surface area contributed by atoms with E-state index in [1.165, 1.54) is 0 Å². The Morgan fingerprint density at radius 3 is 2.83 bits per heavy atom. The molecule has 3 rings (SSSR count). The van der Waals surface area contributed by atoms with Gasteiger partial charge in [0.25, 0.3) is 0 Å². The van der Waals surface area contributed by atoms with Crippen molar-refractivity contribution in [1.29, 1.82) is 0 Å². The van der Waals surface area contributed by atoms with Crippen molar-refractivity contribution in [2.45, 2.75) is 44.9 Å². The van der Waals surface area contributed by atoms with E-state index in [4.69, 9.17) is 15.2 Å². The largest absolute Gasteiger partial charge is 0.496 e. The minimum atomic E-state index is -0.866. The van der Waals surface area contributed by atoms with Crippen LogP contribution in [-0.2, 0) is 16.1 Å². The molecule has 1 aliphatic carbocycles. The summed E-state index contributed by atoms with van der Waals surface area (Å²) in [6, 6.07) is 7.76. The van der Waals surface area contributed by atoms with Crippen LogP contribution in [0.25, 0.3) is 0 Å². The second kappa shape index (κ2) is 6.05. The molecule has 2 fully saturated rings. The van der Waals surface area contributed by atoms with Crippen LogP contribution in [0, 0.1) is 11.3 Å². The van der Waals surface area contributed by atoms with Gasteiger partial charge >= 0.3 is 0 Å². The van der Waals surface area contributed by atoms with Crippen molar-refractivity contribution in [2.24, 2.45) is 17.1 Å². The molecule has 3 unspecified atom stereocenters. The van der Waals surface area contributed by atoms with Gasteiger partial charge in [-0.1, -0.05) is 32.0 Å². The predicted molar refractivity (Wildman–Crippen MR) is 92.6 cm³/mol. The Morgan fingerprint density at radius 2 is 2.12 bits per heavy atom. The van der Waals surface area contributed by atoms with E-state index < -0.39 is 5.54 Å². The molecule has 0 spiro atoms. The van der Waals surface area contributed by atoms with Crippen LogP contribution in [0.5, 0.6) is 5.75 Å². The molecule has 1 aliphatic heterocycles. The standard InChI is InChI=1S/C19H28N2O3/c1-18(2)16-14(9-7-11-24-16)19(18,20)17(22)21(3)12-13-8-5-6-10-15(13)23-4/h5-6,8,10,14,16H,7,9,11-12,20H2,1-4H3. The number of amides is 1. The Labute approximate surface area is 144 Å². The first-order chi connectivity index (χ1) is 11.3. The van der Waals surface area contributed by atoms with Crippen LogP contribution in [0.15, 0.2) is 24.3 Å². The highest BCUT2D eigenvalue weighted by molar-refractivity contribution is 5.89. The predicted octanol–water partition coefficient (Wildman–Crippen LogP) is 2.19. The van der Waals surface area contributed by atoms with Crippen LogP contribution in [0.4, 0.5) is 0 Å². The van der Waals surface area contributed by atoms with E-state index in [2.05, 4.69) is 0 Å². The van der Waals surface area contributed by atoms with E-state index in [9.17, 15) is 4.79 Å². The summed E-state index contributed by atoms with van der Waals surface area (Å²) in [7, 11) is 3.46. The minimum absolute atomic E-state index is 0.00911. The van der Waals surface area contributed by atoms with Crippen LogP contribution in [0.1, 0.15) is 32.3 Å². The monoisotopic (exact) mass is 332 g/mol. The van der Waals surface area contributed by atoms with Gasteiger partial charge in [-0.3, -0.25) is 4.79 Å². The topological polar surface area (TPSA) is 64.8 Å². The summed E-state index contributed by atoms with van der Waals surface area (Å²) < 4.78 is 11.3. The average Bonchev–Trinajstić information content (AvgIpc) is 2.60. The van der Waals surface area contributed by atoms with Gasteiger partial charge in [0.15, 0.2) is 0 Å². The first-order valence-corrected chi connectivity index (χ1v) is 8.62. The maximum absolute atomic E-state index is 13.2. The van der Waals surface area contributed by atoms with Crippen LogP contribution >= 0.6 is 0 Å². The molecule has 1 aromatic rings. The van der Waals surface area contributed by atoms with Gasteiger partial charge in [0, 0.05) is 37.1 Å². The lowest BCUT2D eigenvalue weighted by Crippen LogP contribution is -2.82. The summed E-state index contributed by atoms with van der Waals surface area (Å²) in [5, 5.41) is 0. The Bertz CT molecular complexity index is 631. The van der Waals surface area contributed by atoms with E-state index in [-0.39, 0.29) is 23.3 Å². The van der Waals surface area contributed by atoms with Gasteiger partial charge in [-0.2, -0.15) is 0 Å². The van der Waals surface area contributed by atoms with E-state index in [0.29, 0.717) is 6.54 Å². The van der Waals surface area contributed by atoms with Gasteiger partial charge in [0.1, 0.15) is 11.3 Å². The number of benzene rings is 1. The summed E-state index contributed by atoms with van der Waals surface area (Å²) in [6.45, 7) is 5.35. The van der Waals surface area contributed by atoms with Gasteiger partial charge in [0.05, 0.1) is 13.2 Å². The molecule has 1 saturated carbocycles. The summed E-state index contributed by atoms with van der Waals surface area (Å²) >= 11 is 0. The number of methoxy groups -OCH3 is 1. The number of carbonyl (C=O) groups is 1. The molecule has 24 heavy (non-hydrogen) atoms. The average molecular weight is 332 g/mol. The molecule has 2 N–H and O–H groups in total. The fourth-order valence-electron chi connectivity index (χ4n) is 4.49. The lowest BCUT2D eigenvalue weighted by atomic mass is 9.46. The van der Waals surface area contributed by atoms with E-state index in [1.54, 1.807) is 12.0 Å². The Balaban J connectivity index is 1.80. The van der Waals surface area contributed by atoms with E-state index in [0.717, 1.165) is 30.8 Å². The van der Waals surface area contributed by atoms with Crippen molar-refractivity contribution in [1.82, 2.24) is 4.90 Å². The molecule has 3 atom stereocenters. The number of hydrogen-bond donors (Lipinski definition) is 1. The molecular formula is C19H28N2O3. The van der Waals surface area contributed by atoms with E-state index >= 15 is 0 Å². The molecule has 5 heteroatoms. The maximum Gasteiger partial charge on any atom is 0.243 e. The molecular weight excluding hydrogens is 304 g/mol. The number of fused-ring (bicyclic) bond motifs is 1. The number of rotatable bonds is 4. The minimum Gasteiger partial charge on any atom is -0.496 e. The Morgan fingerprint density at radius 1 is 1.42 bits per heavy atom. The second-order valence-electron chi connectivity index (χ2n) is 7.60. The molecule has 2 aliphatic rings. The number of nitrogens with zero attached hydrogens (tertiary/aromatic N) is 1. The zero-order valence-corrected chi connectivity index (χ0v) is 15.0. The first-order valence-electron chi connectivity index (χ1n) is 8.62. The summed E-state index contributed by atoms with van der Waals surface area (Å²) in [5.41, 5.74) is 6.46. The highest BCUT2D eigenvalue weighted by Crippen LogP contribution is 2.57. The van der Waals surface area contributed by atoms with Crippen LogP contribution < -0.4 is 10.5 Å². The van der Waals surface area contributed by atoms with Crippen molar-refractivity contribution in [3.05, 3.63) is 29.8 Å². The van der Waals surface area contributed by atoms with Gasteiger partial charge < -0.3 is 20.1 Å². The Hall–Kier alpha value is -1.59. The number of ether oxygens (including phenoxy) is 2. The first kappa shape index (κ1) is 17.2. The zero-order valence-electron chi connectivity index (χ0n) is 15.0. The van der Waals surface area contributed by atoms with Crippen molar-refractivity contribution in [2.75, 3.05) is 20.8 Å². The lowest BCUT2D eigenvalue weighted by molar-refractivity contribution is -0.229. The third-order valence-electron chi connectivity index (χ3n) is 5.99. The molecule has 1 amide bonds. The third-order valence-corrected chi connectivity index (χ3v) is 5.99. The quantitative estimate of drug-likeness (QED) is 0.918. The fourth-order valence-corrected chi connectivity index (χ4v) is 4.49. The van der Waals surface area contributed by atoms with Gasteiger partial charge in [-0.25, -0.2) is 0 Å². The molecule has 0 radical (unpaired) electrons. The molecule has 5 nitrogen and oxygen atoms in total. The van der Waals surface area contributed by atoms with Crippen molar-refractivity contribution in [3.63, 3.8) is 0 Å². The summed E-state index contributed by atoms with van der Waals surface area (Å²) in [4.78, 5) is 15.0. The smallest absolute Gasteiger partial charge is 0.243 e. The highest BCUT2D eigenvalue weighted by atomic mass is 16.5. The fraction of sp³-hybridized carbons (Fsp3) is 0.632. The van der Waals surface area contributed by atoms with Crippen molar-refractivity contribution in [3.8, 4) is 5.75 Å². The van der Waals surface area contributed by atoms with E-state index in [1.807, 2.05) is 45.2 Å². The number of para-hydroxylation sites is 1. The van der Waals surface area contributed by atoms with Crippen LogP contribution in [-0.4, -0.2) is 43.2 Å². The van der Waals surface area contributed by atoms with Crippen LogP contribution in [0.3, 0.4) is 0 Å². The number of likely N-dealkylation sites (N-methyl/N-ethyl adjacent to an activating group) is 1. The summed E-state index contributed by atoms with van der Waals surface area (Å²) in [6.07, 6.45) is 2.01. The normalized spacial score (nSPS) is 30.9. The maximum atomic E-state index is 13.2. The Kier molecular flexibility index (Phi) is 4.34. The number of nitrogens with two attached hydrogens (primary N) is 1. The molecule has 1 heterocycles. The molecule has 0 aromatic heterocycles. The lowest BCUT2D eigenvalue weighted by Gasteiger charge is -2.65. The molecule has 1 aromatic carbocycles. The third kappa shape index (κ3) is 2.33. The van der Waals surface area contributed by atoms with Gasteiger partial charge in [0.2, 0.25) is 5.91 Å². The highest BCUT2D eigenvalue weighted by Gasteiger charge is 2.70. The second-order valence-corrected chi connectivity index (χ2v) is 7.60. The summed E-state index contributed by atoms with van der Waals surface area (Å²) in [5.74, 6) is 0.883. The molecule has 1 saturated heterocycles. The SMILES string of the molecule is COc1ccccc1CN(C)C(=O)C1(N)C2CCCOC2C1(C)C. The van der Waals surface area contributed by atoms with Gasteiger partial charge in [-0.15, -0.1) is 0 Å². The van der Waals surface area contributed by atoms with Crippen molar-refractivity contribution >= 4 is 5.91 Å². The number of carbonyl (C=O) groups excluding carboxylic acids is 1. The van der Waals surface area contributed by atoms with Crippen LogP contribution in [0.2, 0.25) is 0 Å². The zero-order chi connectivity index (χ0) is 17.5. The van der Waals surface area contributed by atoms with Crippen molar-refractivity contribution < 1.29 is 14.3 Å². The molecule has 0 bridgehead atoms.